The van der Waals surface area contributed by atoms with Crippen molar-refractivity contribution in [2.24, 2.45) is 0 Å². The summed E-state index contributed by atoms with van der Waals surface area (Å²) in [5.74, 6) is 0.522. The van der Waals surface area contributed by atoms with Gasteiger partial charge in [0.25, 0.3) is 0 Å². The first-order chi connectivity index (χ1) is 9.74. The van der Waals surface area contributed by atoms with Crippen LogP contribution in [0.3, 0.4) is 0 Å². The van der Waals surface area contributed by atoms with Gasteiger partial charge in [-0.1, -0.05) is 35.9 Å². The zero-order valence-electron chi connectivity index (χ0n) is 11.1. The predicted molar refractivity (Wildman–Crippen MR) is 82.4 cm³/mol. The summed E-state index contributed by atoms with van der Waals surface area (Å²) in [5.41, 5.74) is 2.63. The first-order valence-electron chi connectivity index (χ1n) is 6.43. The van der Waals surface area contributed by atoms with Crippen LogP contribution in [0.15, 0.2) is 64.1 Å². The van der Waals surface area contributed by atoms with Gasteiger partial charge in [0, 0.05) is 10.3 Å². The molecule has 0 fully saturated rings. The molecule has 1 aromatic heterocycles. The Balaban J connectivity index is 1.76. The number of carbonyl (C=O) groups excluding carboxylic acids is 1. The van der Waals surface area contributed by atoms with E-state index in [4.69, 9.17) is 4.42 Å². The maximum atomic E-state index is 12.3. The van der Waals surface area contributed by atoms with Gasteiger partial charge in [0.1, 0.15) is 11.8 Å². The first-order valence-corrected chi connectivity index (χ1v) is 7.41. The molecule has 0 spiro atoms. The van der Waals surface area contributed by atoms with E-state index in [1.54, 1.807) is 18.0 Å². The molecule has 0 N–H and O–H groups in total. The molecule has 2 aromatic carbocycles. The molecule has 0 saturated heterocycles. The van der Waals surface area contributed by atoms with Crippen molar-refractivity contribution < 1.29 is 9.21 Å². The van der Waals surface area contributed by atoms with E-state index in [0.29, 0.717) is 11.3 Å². The zero-order valence-corrected chi connectivity index (χ0v) is 11.9. The SMILES string of the molecule is Cc1cccc(SCC(=O)c2coc3ccccc23)c1. The van der Waals surface area contributed by atoms with Gasteiger partial charge in [0.2, 0.25) is 0 Å². The summed E-state index contributed by atoms with van der Waals surface area (Å²) in [4.78, 5) is 13.4. The number of furan rings is 1. The second-order valence-electron chi connectivity index (χ2n) is 4.67. The largest absolute Gasteiger partial charge is 0.464 e. The lowest BCUT2D eigenvalue weighted by Crippen LogP contribution is -2.01. The average Bonchev–Trinajstić information content (AvgIpc) is 2.89. The molecule has 3 aromatic rings. The third-order valence-electron chi connectivity index (χ3n) is 3.14. The van der Waals surface area contributed by atoms with Crippen LogP contribution in [0, 0.1) is 6.92 Å². The zero-order chi connectivity index (χ0) is 13.9. The van der Waals surface area contributed by atoms with Gasteiger partial charge in [-0.05, 0) is 25.1 Å². The molecule has 0 unspecified atom stereocenters. The fraction of sp³-hybridized carbons (Fsp3) is 0.118. The number of hydrogen-bond acceptors (Lipinski definition) is 3. The number of hydrogen-bond donors (Lipinski definition) is 0. The van der Waals surface area contributed by atoms with Crippen LogP contribution < -0.4 is 0 Å². The van der Waals surface area contributed by atoms with E-state index in [0.717, 1.165) is 15.9 Å². The maximum absolute atomic E-state index is 12.3. The second-order valence-corrected chi connectivity index (χ2v) is 5.72. The molecule has 0 radical (unpaired) electrons. The van der Waals surface area contributed by atoms with Crippen LogP contribution in [0.4, 0.5) is 0 Å². The molecule has 0 atom stereocenters. The van der Waals surface area contributed by atoms with Crippen LogP contribution in [0.1, 0.15) is 15.9 Å². The molecule has 1 heterocycles. The number of aryl methyl sites for hydroxylation is 1. The third-order valence-corrected chi connectivity index (χ3v) is 4.13. The summed E-state index contributed by atoms with van der Waals surface area (Å²) in [6.07, 6.45) is 1.56. The number of fused-ring (bicyclic) bond motifs is 1. The Morgan fingerprint density at radius 3 is 2.85 bits per heavy atom. The number of thioether (sulfide) groups is 1. The Morgan fingerprint density at radius 2 is 2.00 bits per heavy atom. The van der Waals surface area contributed by atoms with Crippen molar-refractivity contribution >= 4 is 28.5 Å². The molecule has 0 aliphatic heterocycles. The number of carbonyl (C=O) groups is 1. The number of para-hydroxylation sites is 1. The molecule has 0 saturated carbocycles. The predicted octanol–water partition coefficient (Wildman–Crippen LogP) is 4.72. The van der Waals surface area contributed by atoms with Gasteiger partial charge >= 0.3 is 0 Å². The smallest absolute Gasteiger partial charge is 0.176 e. The second kappa shape index (κ2) is 5.55. The summed E-state index contributed by atoms with van der Waals surface area (Å²) in [6.45, 7) is 2.05. The van der Waals surface area contributed by atoms with Crippen molar-refractivity contribution in [3.63, 3.8) is 0 Å². The van der Waals surface area contributed by atoms with Crippen LogP contribution in [0.25, 0.3) is 11.0 Å². The standard InChI is InChI=1S/C17H14O2S/c1-12-5-4-6-13(9-12)20-11-16(18)15-10-19-17-8-3-2-7-14(15)17/h2-10H,11H2,1H3. The highest BCUT2D eigenvalue weighted by Gasteiger charge is 2.13. The number of ketones is 1. The highest BCUT2D eigenvalue weighted by atomic mass is 32.2. The van der Waals surface area contributed by atoms with Crippen molar-refractivity contribution in [1.82, 2.24) is 0 Å². The lowest BCUT2D eigenvalue weighted by Gasteiger charge is -2.01. The van der Waals surface area contributed by atoms with Gasteiger partial charge in [-0.15, -0.1) is 11.8 Å². The van der Waals surface area contributed by atoms with Crippen LogP contribution in [-0.2, 0) is 0 Å². The average molecular weight is 282 g/mol. The summed E-state index contributed by atoms with van der Waals surface area (Å²) in [6, 6.07) is 15.8. The minimum Gasteiger partial charge on any atom is -0.464 e. The molecule has 20 heavy (non-hydrogen) atoms. The Labute approximate surface area is 121 Å². The van der Waals surface area contributed by atoms with E-state index in [2.05, 4.69) is 19.1 Å². The molecule has 3 heteroatoms. The van der Waals surface area contributed by atoms with Gasteiger partial charge in [-0.3, -0.25) is 4.79 Å². The van der Waals surface area contributed by atoms with E-state index >= 15 is 0 Å². The Kier molecular flexibility index (Phi) is 3.61. The van der Waals surface area contributed by atoms with E-state index in [1.807, 2.05) is 36.4 Å². The molecule has 3 rings (SSSR count). The van der Waals surface area contributed by atoms with Gasteiger partial charge in [-0.2, -0.15) is 0 Å². The van der Waals surface area contributed by atoms with Crippen LogP contribution in [-0.4, -0.2) is 11.5 Å². The van der Waals surface area contributed by atoms with Crippen LogP contribution >= 0.6 is 11.8 Å². The molecule has 0 aliphatic rings. The van der Waals surface area contributed by atoms with Gasteiger partial charge in [0.05, 0.1) is 11.3 Å². The van der Waals surface area contributed by atoms with Crippen molar-refractivity contribution in [3.05, 3.63) is 65.9 Å². The minimum absolute atomic E-state index is 0.0986. The van der Waals surface area contributed by atoms with Crippen molar-refractivity contribution in [1.29, 1.82) is 0 Å². The van der Waals surface area contributed by atoms with E-state index < -0.39 is 0 Å². The van der Waals surface area contributed by atoms with Crippen LogP contribution in [0.5, 0.6) is 0 Å². The quantitative estimate of drug-likeness (QED) is 0.512. The van der Waals surface area contributed by atoms with Gasteiger partial charge < -0.3 is 4.42 Å². The first kappa shape index (κ1) is 13.0. The maximum Gasteiger partial charge on any atom is 0.176 e. The number of rotatable bonds is 4. The lowest BCUT2D eigenvalue weighted by molar-refractivity contribution is 0.102. The highest BCUT2D eigenvalue weighted by Crippen LogP contribution is 2.25. The summed E-state index contributed by atoms with van der Waals surface area (Å²) >= 11 is 1.56. The number of benzene rings is 2. The summed E-state index contributed by atoms with van der Waals surface area (Å²) in [5, 5.41) is 0.891. The van der Waals surface area contributed by atoms with Gasteiger partial charge in [0.15, 0.2) is 5.78 Å². The molecule has 0 aliphatic carbocycles. The molecule has 0 amide bonds. The van der Waals surface area contributed by atoms with Crippen LogP contribution in [0.2, 0.25) is 0 Å². The molecule has 2 nitrogen and oxygen atoms in total. The minimum atomic E-state index is 0.0986. The number of Topliss-reactive ketones (excluding diaryl/α,β-unsaturated/α-hetero) is 1. The fourth-order valence-electron chi connectivity index (χ4n) is 2.13. The fourth-order valence-corrected chi connectivity index (χ4v) is 3.02. The highest BCUT2D eigenvalue weighted by molar-refractivity contribution is 8.00. The molecule has 100 valence electrons. The monoisotopic (exact) mass is 282 g/mol. The summed E-state index contributed by atoms with van der Waals surface area (Å²) < 4.78 is 5.41. The van der Waals surface area contributed by atoms with Crippen molar-refractivity contribution in [2.75, 3.05) is 5.75 Å². The van der Waals surface area contributed by atoms with Crippen molar-refractivity contribution in [3.8, 4) is 0 Å². The molecule has 0 bridgehead atoms. The normalized spacial score (nSPS) is 10.8. The molecular formula is C17H14O2S. The lowest BCUT2D eigenvalue weighted by atomic mass is 10.1. The van der Waals surface area contributed by atoms with Crippen molar-refractivity contribution in [2.45, 2.75) is 11.8 Å². The Hall–Kier alpha value is -2.00. The Bertz CT molecular complexity index is 758. The Morgan fingerprint density at radius 1 is 1.15 bits per heavy atom. The van der Waals surface area contributed by atoms with E-state index in [1.165, 1.54) is 5.56 Å². The summed E-state index contributed by atoms with van der Waals surface area (Å²) in [7, 11) is 0. The third kappa shape index (κ3) is 2.63. The van der Waals surface area contributed by atoms with Gasteiger partial charge in [-0.25, -0.2) is 0 Å². The van der Waals surface area contributed by atoms with E-state index in [-0.39, 0.29) is 5.78 Å². The topological polar surface area (TPSA) is 30.2 Å². The molecular weight excluding hydrogens is 268 g/mol. The van der Waals surface area contributed by atoms with E-state index in [9.17, 15) is 4.79 Å².